The van der Waals surface area contributed by atoms with Crippen molar-refractivity contribution in [1.82, 2.24) is 5.32 Å². The Balaban J connectivity index is 1.73. The summed E-state index contributed by atoms with van der Waals surface area (Å²) in [6.07, 6.45) is 3.54. The molecule has 0 saturated heterocycles. The Kier molecular flexibility index (Phi) is 4.61. The largest absolute Gasteiger partial charge is 0.481 e. The molecule has 4 heteroatoms. The van der Waals surface area contributed by atoms with Gasteiger partial charge in [0.2, 0.25) is 0 Å². The second-order valence-corrected chi connectivity index (χ2v) is 4.25. The molecule has 2 aromatic rings. The van der Waals surface area contributed by atoms with Crippen molar-refractivity contribution in [1.29, 1.82) is 0 Å². The van der Waals surface area contributed by atoms with Gasteiger partial charge in [-0.25, -0.2) is 0 Å². The first-order valence-electron chi connectivity index (χ1n) is 6.26. The van der Waals surface area contributed by atoms with E-state index in [9.17, 15) is 4.79 Å². The van der Waals surface area contributed by atoms with Crippen LogP contribution in [-0.4, -0.2) is 18.6 Å². The third-order valence-corrected chi connectivity index (χ3v) is 2.72. The minimum Gasteiger partial charge on any atom is -0.481 e. The molecule has 0 saturated carbocycles. The highest BCUT2D eigenvalue weighted by molar-refractivity contribution is 5.80. The lowest BCUT2D eigenvalue weighted by atomic mass is 10.2. The van der Waals surface area contributed by atoms with Gasteiger partial charge in [-0.1, -0.05) is 18.2 Å². The fourth-order valence-corrected chi connectivity index (χ4v) is 1.67. The molecule has 0 fully saturated rings. The second kappa shape index (κ2) is 6.64. The Morgan fingerprint density at radius 3 is 2.79 bits per heavy atom. The summed E-state index contributed by atoms with van der Waals surface area (Å²) in [6, 6.07) is 11.2. The SMILES string of the molecule is C[C@@H](Oc1ccccc1)C(=O)NCCc1ccoc1. The van der Waals surface area contributed by atoms with E-state index in [0.29, 0.717) is 12.3 Å². The minimum absolute atomic E-state index is 0.118. The van der Waals surface area contributed by atoms with Gasteiger partial charge in [0.05, 0.1) is 12.5 Å². The molecule has 4 nitrogen and oxygen atoms in total. The van der Waals surface area contributed by atoms with Crippen LogP contribution >= 0.6 is 0 Å². The van der Waals surface area contributed by atoms with Crippen LogP contribution in [0.2, 0.25) is 0 Å². The molecule has 1 amide bonds. The van der Waals surface area contributed by atoms with E-state index in [2.05, 4.69) is 5.32 Å². The summed E-state index contributed by atoms with van der Waals surface area (Å²) in [5.74, 6) is 0.576. The number of hydrogen-bond donors (Lipinski definition) is 1. The standard InChI is InChI=1S/C15H17NO3/c1-12(19-14-5-3-2-4-6-14)15(17)16-9-7-13-8-10-18-11-13/h2-6,8,10-12H,7,9H2,1H3,(H,16,17)/t12-/m1/s1. The number of benzene rings is 1. The summed E-state index contributed by atoms with van der Waals surface area (Å²) in [5.41, 5.74) is 1.07. The van der Waals surface area contributed by atoms with Gasteiger partial charge in [0.15, 0.2) is 6.10 Å². The molecule has 1 atom stereocenters. The summed E-state index contributed by atoms with van der Waals surface area (Å²) < 4.78 is 10.5. The Labute approximate surface area is 112 Å². The molecule has 1 heterocycles. The number of furan rings is 1. The number of rotatable bonds is 6. The van der Waals surface area contributed by atoms with E-state index in [1.54, 1.807) is 19.5 Å². The maximum atomic E-state index is 11.8. The highest BCUT2D eigenvalue weighted by Crippen LogP contribution is 2.10. The monoisotopic (exact) mass is 259 g/mol. The highest BCUT2D eigenvalue weighted by Gasteiger charge is 2.13. The molecule has 1 N–H and O–H groups in total. The van der Waals surface area contributed by atoms with Crippen LogP contribution in [0.4, 0.5) is 0 Å². The van der Waals surface area contributed by atoms with Gasteiger partial charge in [-0.05, 0) is 37.1 Å². The van der Waals surface area contributed by atoms with Crippen molar-refractivity contribution in [2.75, 3.05) is 6.54 Å². The number of ether oxygens (including phenoxy) is 1. The molecule has 0 unspecified atom stereocenters. The average Bonchev–Trinajstić information content (AvgIpc) is 2.93. The first-order valence-corrected chi connectivity index (χ1v) is 6.26. The van der Waals surface area contributed by atoms with E-state index >= 15 is 0 Å². The van der Waals surface area contributed by atoms with Crippen LogP contribution in [0.15, 0.2) is 53.3 Å². The maximum Gasteiger partial charge on any atom is 0.260 e. The number of carbonyl (C=O) groups excluding carboxylic acids is 1. The Morgan fingerprint density at radius 2 is 2.11 bits per heavy atom. The van der Waals surface area contributed by atoms with Crippen LogP contribution in [-0.2, 0) is 11.2 Å². The fraction of sp³-hybridized carbons (Fsp3) is 0.267. The molecule has 2 rings (SSSR count). The predicted octanol–water partition coefficient (Wildman–Crippen LogP) is 2.41. The van der Waals surface area contributed by atoms with Crippen molar-refractivity contribution in [2.45, 2.75) is 19.4 Å². The van der Waals surface area contributed by atoms with Gasteiger partial charge in [0, 0.05) is 6.54 Å². The lowest BCUT2D eigenvalue weighted by Gasteiger charge is -2.14. The van der Waals surface area contributed by atoms with Crippen LogP contribution in [0.25, 0.3) is 0 Å². The quantitative estimate of drug-likeness (QED) is 0.866. The van der Waals surface area contributed by atoms with Crippen molar-refractivity contribution in [3.05, 3.63) is 54.5 Å². The zero-order chi connectivity index (χ0) is 13.5. The predicted molar refractivity (Wildman–Crippen MR) is 72.0 cm³/mol. The average molecular weight is 259 g/mol. The van der Waals surface area contributed by atoms with Crippen molar-refractivity contribution in [3.8, 4) is 5.75 Å². The van der Waals surface area contributed by atoms with E-state index in [1.165, 1.54) is 0 Å². The molecule has 0 spiro atoms. The van der Waals surface area contributed by atoms with Gasteiger partial charge in [-0.15, -0.1) is 0 Å². The molecule has 19 heavy (non-hydrogen) atoms. The fourth-order valence-electron chi connectivity index (χ4n) is 1.67. The van der Waals surface area contributed by atoms with E-state index in [-0.39, 0.29) is 5.91 Å². The van der Waals surface area contributed by atoms with Crippen molar-refractivity contribution >= 4 is 5.91 Å². The smallest absolute Gasteiger partial charge is 0.260 e. The molecular weight excluding hydrogens is 242 g/mol. The molecule has 1 aromatic heterocycles. The number of para-hydroxylation sites is 1. The van der Waals surface area contributed by atoms with Gasteiger partial charge in [0.25, 0.3) is 5.91 Å². The number of carbonyl (C=O) groups is 1. The van der Waals surface area contributed by atoms with Crippen LogP contribution in [0.5, 0.6) is 5.75 Å². The Bertz CT molecular complexity index is 493. The van der Waals surface area contributed by atoms with E-state index < -0.39 is 6.10 Å². The topological polar surface area (TPSA) is 51.5 Å². The Hall–Kier alpha value is -2.23. The molecule has 0 aliphatic carbocycles. The minimum atomic E-state index is -0.508. The van der Waals surface area contributed by atoms with Crippen molar-refractivity contribution in [3.63, 3.8) is 0 Å². The van der Waals surface area contributed by atoms with Crippen LogP contribution in [0, 0.1) is 0 Å². The molecule has 0 aliphatic rings. The number of amides is 1. The molecule has 1 aromatic carbocycles. The normalized spacial score (nSPS) is 11.8. The molecule has 0 aliphatic heterocycles. The lowest BCUT2D eigenvalue weighted by Crippen LogP contribution is -2.37. The van der Waals surface area contributed by atoms with Gasteiger partial charge in [-0.3, -0.25) is 4.79 Å². The summed E-state index contributed by atoms with van der Waals surface area (Å²) in [4.78, 5) is 11.8. The zero-order valence-electron chi connectivity index (χ0n) is 10.8. The summed E-state index contributed by atoms with van der Waals surface area (Å²) in [6.45, 7) is 2.31. The highest BCUT2D eigenvalue weighted by atomic mass is 16.5. The van der Waals surface area contributed by atoms with E-state index in [1.807, 2.05) is 36.4 Å². The van der Waals surface area contributed by atoms with Crippen LogP contribution in [0.1, 0.15) is 12.5 Å². The summed E-state index contributed by atoms with van der Waals surface area (Å²) in [7, 11) is 0. The van der Waals surface area contributed by atoms with Crippen molar-refractivity contribution < 1.29 is 13.9 Å². The number of nitrogens with one attached hydrogen (secondary N) is 1. The summed E-state index contributed by atoms with van der Waals surface area (Å²) in [5, 5.41) is 2.84. The lowest BCUT2D eigenvalue weighted by molar-refractivity contribution is -0.127. The van der Waals surface area contributed by atoms with E-state index in [4.69, 9.17) is 9.15 Å². The zero-order valence-corrected chi connectivity index (χ0v) is 10.8. The third-order valence-electron chi connectivity index (χ3n) is 2.72. The van der Waals surface area contributed by atoms with Crippen LogP contribution < -0.4 is 10.1 Å². The molecule has 0 radical (unpaired) electrons. The van der Waals surface area contributed by atoms with Gasteiger partial charge >= 0.3 is 0 Å². The second-order valence-electron chi connectivity index (χ2n) is 4.25. The molecular formula is C15H17NO3. The van der Waals surface area contributed by atoms with Gasteiger partial charge in [0.1, 0.15) is 5.75 Å². The molecule has 100 valence electrons. The van der Waals surface area contributed by atoms with Crippen molar-refractivity contribution in [2.24, 2.45) is 0 Å². The van der Waals surface area contributed by atoms with E-state index in [0.717, 1.165) is 12.0 Å². The third kappa shape index (κ3) is 4.17. The van der Waals surface area contributed by atoms with Gasteiger partial charge in [-0.2, -0.15) is 0 Å². The number of hydrogen-bond acceptors (Lipinski definition) is 3. The van der Waals surface area contributed by atoms with Gasteiger partial charge < -0.3 is 14.5 Å². The molecule has 0 bridgehead atoms. The van der Waals surface area contributed by atoms with Crippen LogP contribution in [0.3, 0.4) is 0 Å². The first-order chi connectivity index (χ1) is 9.25. The maximum absolute atomic E-state index is 11.8. The first kappa shape index (κ1) is 13.2. The Morgan fingerprint density at radius 1 is 1.32 bits per heavy atom. The summed E-state index contributed by atoms with van der Waals surface area (Å²) >= 11 is 0.